The van der Waals surface area contributed by atoms with Gasteiger partial charge in [0, 0.05) is 17.8 Å². The topological polar surface area (TPSA) is 23.5 Å². The van der Waals surface area contributed by atoms with Crippen LogP contribution in [-0.2, 0) is 12.7 Å². The van der Waals surface area contributed by atoms with Crippen molar-refractivity contribution in [1.82, 2.24) is 0 Å². The molecule has 0 heterocycles. The van der Waals surface area contributed by atoms with E-state index in [4.69, 9.17) is 0 Å². The largest absolute Gasteiger partial charge is 0.422 e. The van der Waals surface area contributed by atoms with Gasteiger partial charge in [0.2, 0.25) is 0 Å². The minimum atomic E-state index is -5.75. The minimum Gasteiger partial charge on any atom is -0.382 e. The van der Waals surface area contributed by atoms with Crippen LogP contribution < -0.4 is 4.90 Å². The third-order valence-corrected chi connectivity index (χ3v) is 4.12. The summed E-state index contributed by atoms with van der Waals surface area (Å²) >= 11 is 0. The van der Waals surface area contributed by atoms with Crippen LogP contribution in [0.4, 0.5) is 49.6 Å². The SMILES string of the molecule is Cc1cccc(N(Cc2c(F)c(F)c(C(F)(F)F)c(F)c2F)CC(O)C(F)(F)F)c1. The van der Waals surface area contributed by atoms with E-state index < -0.39 is 65.9 Å². The highest BCUT2D eigenvalue weighted by atomic mass is 19.4. The van der Waals surface area contributed by atoms with Crippen molar-refractivity contribution in [3.63, 3.8) is 0 Å². The summed E-state index contributed by atoms with van der Waals surface area (Å²) in [7, 11) is 0. The van der Waals surface area contributed by atoms with Crippen LogP contribution in [0.25, 0.3) is 0 Å². The van der Waals surface area contributed by atoms with Crippen LogP contribution >= 0.6 is 0 Å². The van der Waals surface area contributed by atoms with E-state index in [2.05, 4.69) is 0 Å². The molecule has 1 N–H and O–H groups in total. The molecule has 0 saturated heterocycles. The zero-order valence-electron chi connectivity index (χ0n) is 15.0. The number of anilines is 1. The molecule has 2 aromatic rings. The lowest BCUT2D eigenvalue weighted by Gasteiger charge is -2.29. The van der Waals surface area contributed by atoms with E-state index in [-0.39, 0.29) is 5.69 Å². The Labute approximate surface area is 163 Å². The number of aliphatic hydroxyl groups is 1. The zero-order valence-corrected chi connectivity index (χ0v) is 15.0. The fourth-order valence-corrected chi connectivity index (χ4v) is 2.65. The maximum atomic E-state index is 14.2. The molecular formula is C18H13F10NO. The summed E-state index contributed by atoms with van der Waals surface area (Å²) in [4.78, 5) is 0.540. The van der Waals surface area contributed by atoms with Crippen molar-refractivity contribution in [2.45, 2.75) is 31.9 Å². The Morgan fingerprint density at radius 2 is 1.43 bits per heavy atom. The van der Waals surface area contributed by atoms with Crippen molar-refractivity contribution < 1.29 is 49.0 Å². The third kappa shape index (κ3) is 4.97. The minimum absolute atomic E-state index is 0.127. The van der Waals surface area contributed by atoms with Gasteiger partial charge in [-0.3, -0.25) is 0 Å². The molecule has 0 amide bonds. The quantitative estimate of drug-likeness (QED) is 0.482. The van der Waals surface area contributed by atoms with Gasteiger partial charge in [-0.25, -0.2) is 17.6 Å². The lowest BCUT2D eigenvalue weighted by atomic mass is 10.1. The van der Waals surface area contributed by atoms with Crippen LogP contribution in [0.2, 0.25) is 0 Å². The van der Waals surface area contributed by atoms with Gasteiger partial charge in [0.15, 0.2) is 29.4 Å². The molecule has 1 unspecified atom stereocenters. The Morgan fingerprint density at radius 1 is 0.900 bits per heavy atom. The Kier molecular flexibility index (Phi) is 6.60. The maximum absolute atomic E-state index is 14.2. The first-order valence-corrected chi connectivity index (χ1v) is 8.13. The Hall–Kier alpha value is -2.50. The number of aliphatic hydroxyl groups excluding tert-OH is 1. The van der Waals surface area contributed by atoms with Crippen molar-refractivity contribution in [2.24, 2.45) is 0 Å². The number of alkyl halides is 6. The number of aryl methyl sites for hydroxylation is 1. The first-order valence-electron chi connectivity index (χ1n) is 8.13. The van der Waals surface area contributed by atoms with Gasteiger partial charge in [-0.2, -0.15) is 26.3 Å². The summed E-state index contributed by atoms with van der Waals surface area (Å²) in [5, 5.41) is 9.31. The Bertz CT molecular complexity index is 893. The van der Waals surface area contributed by atoms with Gasteiger partial charge in [0.25, 0.3) is 0 Å². The number of rotatable bonds is 5. The van der Waals surface area contributed by atoms with Crippen molar-refractivity contribution in [2.75, 3.05) is 11.4 Å². The highest BCUT2D eigenvalue weighted by Gasteiger charge is 2.43. The van der Waals surface area contributed by atoms with Crippen molar-refractivity contribution >= 4 is 5.69 Å². The van der Waals surface area contributed by atoms with Gasteiger partial charge < -0.3 is 10.0 Å². The average molecular weight is 449 g/mol. The molecule has 0 aliphatic rings. The molecule has 0 saturated carbocycles. The summed E-state index contributed by atoms with van der Waals surface area (Å²) in [5.74, 6) is -10.3. The molecule has 0 aliphatic heterocycles. The normalized spacial score (nSPS) is 13.5. The molecular weight excluding hydrogens is 436 g/mol. The smallest absolute Gasteiger partial charge is 0.382 e. The van der Waals surface area contributed by atoms with Crippen LogP contribution in [0, 0.1) is 30.2 Å². The molecule has 2 nitrogen and oxygen atoms in total. The lowest BCUT2D eigenvalue weighted by molar-refractivity contribution is -0.200. The summed E-state index contributed by atoms with van der Waals surface area (Å²) in [5.41, 5.74) is -4.00. The lowest BCUT2D eigenvalue weighted by Crippen LogP contribution is -2.41. The van der Waals surface area contributed by atoms with Gasteiger partial charge in [-0.1, -0.05) is 12.1 Å². The first-order chi connectivity index (χ1) is 13.6. The molecule has 166 valence electrons. The van der Waals surface area contributed by atoms with E-state index in [1.165, 1.54) is 31.2 Å². The van der Waals surface area contributed by atoms with Crippen LogP contribution in [0.3, 0.4) is 0 Å². The summed E-state index contributed by atoms with van der Waals surface area (Å²) in [6.07, 6.45) is -13.9. The predicted octanol–water partition coefficient (Wildman–Crippen LogP) is 5.50. The molecule has 1 atom stereocenters. The zero-order chi connectivity index (χ0) is 23.0. The highest BCUT2D eigenvalue weighted by Crippen LogP contribution is 2.37. The standard InChI is InChI=1S/C18H13F10NO/c1-8-3-2-4-9(5-8)29(7-11(30)17(23,24)25)6-10-13(19)15(21)12(18(26,27)28)16(22)14(10)20/h2-5,11,30H,6-7H2,1H3. The number of nitrogens with zero attached hydrogens (tertiary/aromatic N) is 1. The highest BCUT2D eigenvalue weighted by molar-refractivity contribution is 5.49. The number of halogens is 10. The number of benzene rings is 2. The monoisotopic (exact) mass is 449 g/mol. The Morgan fingerprint density at radius 3 is 1.87 bits per heavy atom. The molecule has 0 bridgehead atoms. The van der Waals surface area contributed by atoms with Crippen molar-refractivity contribution in [1.29, 1.82) is 0 Å². The predicted molar refractivity (Wildman–Crippen MR) is 85.6 cm³/mol. The molecule has 0 radical (unpaired) electrons. The van der Waals surface area contributed by atoms with E-state index in [9.17, 15) is 49.0 Å². The number of hydrogen-bond donors (Lipinski definition) is 1. The van der Waals surface area contributed by atoms with Crippen LogP contribution in [0.1, 0.15) is 16.7 Å². The molecule has 0 aliphatic carbocycles. The molecule has 30 heavy (non-hydrogen) atoms. The fourth-order valence-electron chi connectivity index (χ4n) is 2.65. The second kappa shape index (κ2) is 8.32. The van der Waals surface area contributed by atoms with E-state index in [1.54, 1.807) is 0 Å². The third-order valence-electron chi connectivity index (χ3n) is 4.12. The molecule has 2 rings (SSSR count). The van der Waals surface area contributed by atoms with E-state index in [0.717, 1.165) is 0 Å². The summed E-state index contributed by atoms with van der Waals surface area (Å²) in [6.45, 7) is -1.09. The maximum Gasteiger partial charge on any atom is 0.422 e. The molecule has 0 aromatic heterocycles. The van der Waals surface area contributed by atoms with E-state index in [1.807, 2.05) is 0 Å². The van der Waals surface area contributed by atoms with Crippen LogP contribution in [-0.4, -0.2) is 23.9 Å². The number of hydrogen-bond acceptors (Lipinski definition) is 2. The van der Waals surface area contributed by atoms with Crippen LogP contribution in [0.15, 0.2) is 24.3 Å². The molecule has 12 heteroatoms. The van der Waals surface area contributed by atoms with Crippen LogP contribution in [0.5, 0.6) is 0 Å². The van der Waals surface area contributed by atoms with E-state index >= 15 is 0 Å². The van der Waals surface area contributed by atoms with Gasteiger partial charge >= 0.3 is 12.4 Å². The molecule has 0 fully saturated rings. The second-order valence-electron chi connectivity index (χ2n) is 6.38. The summed E-state index contributed by atoms with van der Waals surface area (Å²) in [6, 6.07) is 5.29. The van der Waals surface area contributed by atoms with Gasteiger partial charge in [-0.05, 0) is 24.6 Å². The van der Waals surface area contributed by atoms with Gasteiger partial charge in [-0.15, -0.1) is 0 Å². The van der Waals surface area contributed by atoms with E-state index in [0.29, 0.717) is 10.5 Å². The average Bonchev–Trinajstić information content (AvgIpc) is 2.60. The van der Waals surface area contributed by atoms with Gasteiger partial charge in [0.05, 0.1) is 6.54 Å². The fraction of sp³-hybridized carbons (Fsp3) is 0.333. The second-order valence-corrected chi connectivity index (χ2v) is 6.38. The van der Waals surface area contributed by atoms with Crippen molar-refractivity contribution in [3.8, 4) is 0 Å². The Balaban J connectivity index is 2.58. The molecule has 2 aromatic carbocycles. The van der Waals surface area contributed by atoms with Crippen molar-refractivity contribution in [3.05, 3.63) is 64.2 Å². The first kappa shape index (κ1) is 23.8. The summed E-state index contributed by atoms with van der Waals surface area (Å²) < 4.78 is 132. The molecule has 0 spiro atoms. The van der Waals surface area contributed by atoms with Gasteiger partial charge in [0.1, 0.15) is 5.56 Å².